The van der Waals surface area contributed by atoms with Crippen molar-refractivity contribution in [2.24, 2.45) is 17.8 Å². The summed E-state index contributed by atoms with van der Waals surface area (Å²) >= 11 is 0. The Morgan fingerprint density at radius 1 is 1.15 bits per heavy atom. The minimum atomic E-state index is -0.659. The normalized spacial score (nSPS) is 21.8. The van der Waals surface area contributed by atoms with Gasteiger partial charge in [0.1, 0.15) is 6.04 Å². The van der Waals surface area contributed by atoms with Crippen molar-refractivity contribution in [3.05, 3.63) is 28.6 Å². The SMILES string of the molecule is Cc1cc(CNC(C(=O)O)C(C2CCC2)C2CCC2)c2c(n1)CCCC2. The first-order chi connectivity index (χ1) is 12.6. The first kappa shape index (κ1) is 18.0. The zero-order valence-corrected chi connectivity index (χ0v) is 16.0. The van der Waals surface area contributed by atoms with E-state index in [4.69, 9.17) is 4.98 Å². The minimum absolute atomic E-state index is 0.314. The molecule has 0 radical (unpaired) electrons. The molecule has 1 aromatic heterocycles. The third-order valence-electron chi connectivity index (χ3n) is 7.07. The van der Waals surface area contributed by atoms with Crippen LogP contribution in [0.5, 0.6) is 0 Å². The van der Waals surface area contributed by atoms with Crippen LogP contribution >= 0.6 is 0 Å². The number of fused-ring (bicyclic) bond motifs is 1. The van der Waals surface area contributed by atoms with Crippen LogP contribution in [0.15, 0.2) is 6.07 Å². The molecule has 26 heavy (non-hydrogen) atoms. The summed E-state index contributed by atoms with van der Waals surface area (Å²) in [5.74, 6) is 0.881. The zero-order valence-electron chi connectivity index (χ0n) is 16.0. The van der Waals surface area contributed by atoms with E-state index >= 15 is 0 Å². The Bertz CT molecular complexity index is 650. The van der Waals surface area contributed by atoms with E-state index in [1.54, 1.807) is 0 Å². The van der Waals surface area contributed by atoms with E-state index < -0.39 is 12.0 Å². The summed E-state index contributed by atoms with van der Waals surface area (Å²) in [7, 11) is 0. The molecule has 0 saturated heterocycles. The maximum atomic E-state index is 12.1. The molecule has 2 N–H and O–H groups in total. The van der Waals surface area contributed by atoms with Gasteiger partial charge in [0.05, 0.1) is 0 Å². The number of nitrogens with one attached hydrogen (secondary N) is 1. The van der Waals surface area contributed by atoms with Crippen molar-refractivity contribution < 1.29 is 9.90 Å². The topological polar surface area (TPSA) is 62.2 Å². The van der Waals surface area contributed by atoms with Crippen molar-refractivity contribution in [2.75, 3.05) is 0 Å². The summed E-state index contributed by atoms with van der Waals surface area (Å²) in [5.41, 5.74) is 4.96. The van der Waals surface area contributed by atoms with Gasteiger partial charge in [0.15, 0.2) is 0 Å². The van der Waals surface area contributed by atoms with Crippen molar-refractivity contribution in [2.45, 2.75) is 83.7 Å². The van der Waals surface area contributed by atoms with Crippen LogP contribution in [0.25, 0.3) is 0 Å². The summed E-state index contributed by atoms with van der Waals surface area (Å²) in [6.45, 7) is 2.72. The highest BCUT2D eigenvalue weighted by Gasteiger charge is 2.43. The number of pyridine rings is 1. The maximum absolute atomic E-state index is 12.1. The van der Waals surface area contributed by atoms with Gasteiger partial charge in [0.2, 0.25) is 0 Å². The van der Waals surface area contributed by atoms with Gasteiger partial charge in [-0.15, -0.1) is 0 Å². The lowest BCUT2D eigenvalue weighted by molar-refractivity contribution is -0.143. The third-order valence-corrected chi connectivity index (χ3v) is 7.07. The van der Waals surface area contributed by atoms with Gasteiger partial charge < -0.3 is 10.4 Å². The Kier molecular flexibility index (Phi) is 5.30. The summed E-state index contributed by atoms with van der Waals surface area (Å²) in [4.78, 5) is 16.9. The standard InChI is InChI=1S/C22H32N2O2/c1-14-12-17(18-10-2-3-11-19(18)24-14)13-23-21(22(25)26)20(15-6-4-7-15)16-8-5-9-16/h12,15-16,20-21,23H,2-11,13H2,1H3,(H,25,26). The molecule has 1 heterocycles. The Hall–Kier alpha value is -1.42. The second-order valence-corrected chi connectivity index (χ2v) is 8.71. The lowest BCUT2D eigenvalue weighted by Gasteiger charge is -2.45. The van der Waals surface area contributed by atoms with Crippen LogP contribution in [0.4, 0.5) is 0 Å². The molecule has 3 aliphatic carbocycles. The van der Waals surface area contributed by atoms with Crippen LogP contribution < -0.4 is 5.32 Å². The molecule has 142 valence electrons. The number of aromatic nitrogens is 1. The van der Waals surface area contributed by atoms with Crippen LogP contribution in [-0.4, -0.2) is 22.1 Å². The van der Waals surface area contributed by atoms with Crippen molar-refractivity contribution >= 4 is 5.97 Å². The number of aliphatic carboxylic acids is 1. The molecule has 0 spiro atoms. The average molecular weight is 357 g/mol. The summed E-state index contributed by atoms with van der Waals surface area (Å²) < 4.78 is 0. The van der Waals surface area contributed by atoms with Crippen molar-refractivity contribution in [1.29, 1.82) is 0 Å². The van der Waals surface area contributed by atoms with Crippen LogP contribution in [0.1, 0.15) is 73.9 Å². The van der Waals surface area contributed by atoms with E-state index in [0.29, 0.717) is 24.3 Å². The highest BCUT2D eigenvalue weighted by atomic mass is 16.4. The average Bonchev–Trinajstić information content (AvgIpc) is 2.51. The molecule has 4 heteroatoms. The molecule has 4 nitrogen and oxygen atoms in total. The second kappa shape index (κ2) is 7.67. The number of carboxylic acid groups (broad SMARTS) is 1. The van der Waals surface area contributed by atoms with Crippen LogP contribution in [0.3, 0.4) is 0 Å². The number of hydrogen-bond acceptors (Lipinski definition) is 3. The van der Waals surface area contributed by atoms with Gasteiger partial charge in [0, 0.05) is 17.9 Å². The second-order valence-electron chi connectivity index (χ2n) is 8.71. The van der Waals surface area contributed by atoms with Gasteiger partial charge in [-0.3, -0.25) is 9.78 Å². The maximum Gasteiger partial charge on any atom is 0.321 e. The number of nitrogens with zero attached hydrogens (tertiary/aromatic N) is 1. The molecular formula is C22H32N2O2. The van der Waals surface area contributed by atoms with Crippen molar-refractivity contribution in [3.8, 4) is 0 Å². The molecular weight excluding hydrogens is 324 g/mol. The van der Waals surface area contributed by atoms with E-state index in [2.05, 4.69) is 18.3 Å². The monoisotopic (exact) mass is 356 g/mol. The minimum Gasteiger partial charge on any atom is -0.480 e. The Morgan fingerprint density at radius 3 is 2.38 bits per heavy atom. The number of rotatable bonds is 7. The quantitative estimate of drug-likeness (QED) is 0.774. The highest BCUT2D eigenvalue weighted by molar-refractivity contribution is 5.74. The van der Waals surface area contributed by atoms with Gasteiger partial charge in [-0.25, -0.2) is 0 Å². The lowest BCUT2D eigenvalue weighted by atomic mass is 9.62. The van der Waals surface area contributed by atoms with Gasteiger partial charge in [-0.05, 0) is 67.6 Å². The first-order valence-corrected chi connectivity index (χ1v) is 10.6. The van der Waals surface area contributed by atoms with Gasteiger partial charge >= 0.3 is 5.97 Å². The van der Waals surface area contributed by atoms with E-state index in [1.165, 1.54) is 68.2 Å². The number of hydrogen-bond donors (Lipinski definition) is 2. The van der Waals surface area contributed by atoms with Crippen molar-refractivity contribution in [3.63, 3.8) is 0 Å². The molecule has 0 aliphatic heterocycles. The van der Waals surface area contributed by atoms with E-state index in [1.807, 2.05) is 0 Å². The molecule has 1 atom stereocenters. The van der Waals surface area contributed by atoms with Crippen LogP contribution in [0.2, 0.25) is 0 Å². The molecule has 0 amide bonds. The summed E-state index contributed by atoms with van der Waals surface area (Å²) in [5, 5.41) is 13.5. The molecule has 4 rings (SSSR count). The van der Waals surface area contributed by atoms with E-state index in [9.17, 15) is 9.90 Å². The molecule has 1 aromatic rings. The largest absolute Gasteiger partial charge is 0.480 e. The van der Waals surface area contributed by atoms with Crippen LogP contribution in [0, 0.1) is 24.7 Å². The molecule has 3 aliphatic rings. The zero-order chi connectivity index (χ0) is 18.1. The van der Waals surface area contributed by atoms with E-state index in [0.717, 1.165) is 18.5 Å². The first-order valence-electron chi connectivity index (χ1n) is 10.6. The fourth-order valence-electron chi connectivity index (χ4n) is 5.29. The predicted octanol–water partition coefficient (Wildman–Crippen LogP) is 4.03. The summed E-state index contributed by atoms with van der Waals surface area (Å²) in [6.07, 6.45) is 12.0. The lowest BCUT2D eigenvalue weighted by Crippen LogP contribution is -2.51. The molecule has 0 aromatic carbocycles. The molecule has 2 saturated carbocycles. The fraction of sp³-hybridized carbons (Fsp3) is 0.727. The molecule has 0 bridgehead atoms. The molecule has 2 fully saturated rings. The third kappa shape index (κ3) is 3.53. The fourth-order valence-corrected chi connectivity index (χ4v) is 5.29. The Balaban J connectivity index is 1.52. The van der Waals surface area contributed by atoms with E-state index in [-0.39, 0.29) is 0 Å². The Morgan fingerprint density at radius 2 is 1.81 bits per heavy atom. The Labute approximate surface area is 156 Å². The van der Waals surface area contributed by atoms with Gasteiger partial charge in [0.25, 0.3) is 0 Å². The van der Waals surface area contributed by atoms with Crippen LogP contribution in [-0.2, 0) is 24.2 Å². The summed E-state index contributed by atoms with van der Waals surface area (Å²) in [6, 6.07) is 1.76. The smallest absolute Gasteiger partial charge is 0.321 e. The van der Waals surface area contributed by atoms with Gasteiger partial charge in [-0.1, -0.05) is 38.5 Å². The number of carbonyl (C=O) groups is 1. The number of aryl methyl sites for hydroxylation is 2. The predicted molar refractivity (Wildman–Crippen MR) is 102 cm³/mol. The van der Waals surface area contributed by atoms with Crippen molar-refractivity contribution in [1.82, 2.24) is 10.3 Å². The molecule has 1 unspecified atom stereocenters. The highest BCUT2D eigenvalue weighted by Crippen LogP contribution is 2.46. The van der Waals surface area contributed by atoms with Gasteiger partial charge in [-0.2, -0.15) is 0 Å². The number of carboxylic acids is 1.